The van der Waals surface area contributed by atoms with Crippen molar-refractivity contribution in [3.05, 3.63) is 30.3 Å². The van der Waals surface area contributed by atoms with Crippen molar-refractivity contribution < 1.29 is 4.74 Å². The first-order chi connectivity index (χ1) is 7.20. The molecule has 0 atom stereocenters. The maximum Gasteiger partial charge on any atom is 0.128 e. The highest BCUT2D eigenvalue weighted by Gasteiger charge is 2.00. The number of benzene rings is 1. The maximum atomic E-state index is 5.16. The van der Waals surface area contributed by atoms with Crippen LogP contribution in [0.1, 0.15) is 0 Å². The van der Waals surface area contributed by atoms with Gasteiger partial charge in [0, 0.05) is 19.5 Å². The van der Waals surface area contributed by atoms with Gasteiger partial charge in [-0.1, -0.05) is 0 Å². The van der Waals surface area contributed by atoms with Crippen LogP contribution in [0, 0.1) is 0 Å². The molecule has 0 fully saturated rings. The lowest BCUT2D eigenvalue weighted by Gasteiger charge is -2.11. The molecule has 0 saturated carbocycles. The highest BCUT2D eigenvalue weighted by molar-refractivity contribution is 5.81. The predicted octanol–water partition coefficient (Wildman–Crippen LogP) is 2.31. The molecule has 2 aromatic rings. The van der Waals surface area contributed by atoms with Crippen LogP contribution in [0.2, 0.25) is 0 Å². The van der Waals surface area contributed by atoms with Crippen molar-refractivity contribution in [1.82, 2.24) is 4.98 Å². The van der Waals surface area contributed by atoms with Gasteiger partial charge in [0.25, 0.3) is 0 Å². The van der Waals surface area contributed by atoms with Gasteiger partial charge in [0.2, 0.25) is 0 Å². The van der Waals surface area contributed by atoms with Crippen LogP contribution in [0.25, 0.3) is 10.9 Å². The highest BCUT2D eigenvalue weighted by Crippen LogP contribution is 2.21. The third kappa shape index (κ3) is 1.86. The van der Waals surface area contributed by atoms with Gasteiger partial charge in [0.1, 0.15) is 11.6 Å². The fraction of sp³-hybridized carbons (Fsp3) is 0.250. The zero-order chi connectivity index (χ0) is 10.8. The van der Waals surface area contributed by atoms with E-state index < -0.39 is 0 Å². The summed E-state index contributed by atoms with van der Waals surface area (Å²) in [5.41, 5.74) is 0.988. The average Bonchev–Trinajstić information content (AvgIpc) is 2.27. The summed E-state index contributed by atoms with van der Waals surface area (Å²) in [7, 11) is 5.64. The summed E-state index contributed by atoms with van der Waals surface area (Å²) in [6, 6.07) is 9.94. The lowest BCUT2D eigenvalue weighted by atomic mass is 10.2. The van der Waals surface area contributed by atoms with Crippen LogP contribution in [-0.2, 0) is 0 Å². The fourth-order valence-corrected chi connectivity index (χ4v) is 1.47. The fourth-order valence-electron chi connectivity index (χ4n) is 1.47. The molecule has 0 radical (unpaired) electrons. The molecule has 0 aliphatic carbocycles. The molecule has 0 unspecified atom stereocenters. The van der Waals surface area contributed by atoms with Crippen LogP contribution in [0.3, 0.4) is 0 Å². The lowest BCUT2D eigenvalue weighted by molar-refractivity contribution is 0.415. The second kappa shape index (κ2) is 3.77. The van der Waals surface area contributed by atoms with E-state index >= 15 is 0 Å². The summed E-state index contributed by atoms with van der Waals surface area (Å²) in [5.74, 6) is 1.83. The molecule has 1 heterocycles. The number of hydrogen-bond acceptors (Lipinski definition) is 3. The monoisotopic (exact) mass is 202 g/mol. The molecule has 0 bridgehead atoms. The Bertz CT molecular complexity index is 480. The number of aromatic nitrogens is 1. The van der Waals surface area contributed by atoms with Crippen LogP contribution >= 0.6 is 0 Å². The molecule has 1 aromatic heterocycles. The van der Waals surface area contributed by atoms with Gasteiger partial charge in [-0.2, -0.15) is 0 Å². The summed E-state index contributed by atoms with van der Waals surface area (Å²) in [6.45, 7) is 0. The quantitative estimate of drug-likeness (QED) is 0.747. The van der Waals surface area contributed by atoms with E-state index in [4.69, 9.17) is 4.74 Å². The molecule has 3 heteroatoms. The Balaban J connectivity index is 2.55. The van der Waals surface area contributed by atoms with Gasteiger partial charge in [-0.05, 0) is 30.3 Å². The second-order valence-electron chi connectivity index (χ2n) is 3.62. The molecule has 0 saturated heterocycles. The highest BCUT2D eigenvalue weighted by atomic mass is 16.5. The minimum atomic E-state index is 0.863. The number of rotatable bonds is 2. The first kappa shape index (κ1) is 9.77. The summed E-state index contributed by atoms with van der Waals surface area (Å²) in [4.78, 5) is 6.51. The number of methoxy groups -OCH3 is 1. The third-order valence-electron chi connectivity index (χ3n) is 2.34. The van der Waals surface area contributed by atoms with E-state index in [-0.39, 0.29) is 0 Å². The smallest absolute Gasteiger partial charge is 0.128 e. The van der Waals surface area contributed by atoms with Gasteiger partial charge in [0.15, 0.2) is 0 Å². The van der Waals surface area contributed by atoms with Crippen molar-refractivity contribution in [3.63, 3.8) is 0 Å². The molecule has 0 spiro atoms. The number of ether oxygens (including phenoxy) is 1. The van der Waals surface area contributed by atoms with Crippen molar-refractivity contribution >= 4 is 16.7 Å². The molecule has 0 amide bonds. The SMILES string of the molecule is COc1ccc2nc(N(C)C)ccc2c1. The van der Waals surface area contributed by atoms with E-state index in [9.17, 15) is 0 Å². The Labute approximate surface area is 89.3 Å². The van der Waals surface area contributed by atoms with Crippen LogP contribution < -0.4 is 9.64 Å². The molecular weight excluding hydrogens is 188 g/mol. The van der Waals surface area contributed by atoms with Crippen LogP contribution in [0.4, 0.5) is 5.82 Å². The average molecular weight is 202 g/mol. The summed E-state index contributed by atoms with van der Waals surface area (Å²) in [6.07, 6.45) is 0. The van der Waals surface area contributed by atoms with E-state index in [0.29, 0.717) is 0 Å². The molecule has 0 aliphatic heterocycles. The minimum absolute atomic E-state index is 0.863. The molecule has 78 valence electrons. The van der Waals surface area contributed by atoms with Crippen LogP contribution in [0.5, 0.6) is 5.75 Å². The van der Waals surface area contributed by atoms with Crippen LogP contribution in [0.15, 0.2) is 30.3 Å². The normalized spacial score (nSPS) is 10.3. The van der Waals surface area contributed by atoms with Gasteiger partial charge >= 0.3 is 0 Å². The first-order valence-electron chi connectivity index (χ1n) is 4.83. The Morgan fingerprint density at radius 2 is 1.93 bits per heavy atom. The van der Waals surface area contributed by atoms with E-state index in [0.717, 1.165) is 22.5 Å². The number of hydrogen-bond donors (Lipinski definition) is 0. The van der Waals surface area contributed by atoms with Crippen molar-refractivity contribution in [2.24, 2.45) is 0 Å². The Hall–Kier alpha value is -1.77. The van der Waals surface area contributed by atoms with E-state index in [1.807, 2.05) is 43.3 Å². The van der Waals surface area contributed by atoms with Gasteiger partial charge in [0.05, 0.1) is 12.6 Å². The van der Waals surface area contributed by atoms with Gasteiger partial charge in [-0.3, -0.25) is 0 Å². The molecule has 3 nitrogen and oxygen atoms in total. The number of anilines is 1. The van der Waals surface area contributed by atoms with Crippen molar-refractivity contribution in [3.8, 4) is 5.75 Å². The molecule has 0 N–H and O–H groups in total. The Morgan fingerprint density at radius 3 is 2.60 bits per heavy atom. The molecule has 2 rings (SSSR count). The summed E-state index contributed by atoms with van der Waals surface area (Å²) in [5, 5.41) is 1.10. The van der Waals surface area contributed by atoms with Crippen molar-refractivity contribution in [1.29, 1.82) is 0 Å². The van der Waals surface area contributed by atoms with Gasteiger partial charge in [-0.25, -0.2) is 4.98 Å². The molecule has 15 heavy (non-hydrogen) atoms. The Kier molecular flexibility index (Phi) is 2.46. The molecule has 1 aromatic carbocycles. The summed E-state index contributed by atoms with van der Waals surface area (Å²) >= 11 is 0. The molecule has 0 aliphatic rings. The van der Waals surface area contributed by atoms with Gasteiger partial charge < -0.3 is 9.64 Å². The van der Waals surface area contributed by atoms with Crippen molar-refractivity contribution in [2.75, 3.05) is 26.1 Å². The van der Waals surface area contributed by atoms with Crippen LogP contribution in [-0.4, -0.2) is 26.2 Å². The minimum Gasteiger partial charge on any atom is -0.497 e. The lowest BCUT2D eigenvalue weighted by Crippen LogP contribution is -2.10. The van der Waals surface area contributed by atoms with E-state index in [1.54, 1.807) is 7.11 Å². The number of pyridine rings is 1. The van der Waals surface area contributed by atoms with Gasteiger partial charge in [-0.15, -0.1) is 0 Å². The number of nitrogens with zero attached hydrogens (tertiary/aromatic N) is 2. The zero-order valence-corrected chi connectivity index (χ0v) is 9.19. The maximum absolute atomic E-state index is 5.16. The predicted molar refractivity (Wildman–Crippen MR) is 62.6 cm³/mol. The number of fused-ring (bicyclic) bond motifs is 1. The Morgan fingerprint density at radius 1 is 1.13 bits per heavy atom. The van der Waals surface area contributed by atoms with E-state index in [1.165, 1.54) is 0 Å². The standard InChI is InChI=1S/C12H14N2O/c1-14(2)12-7-4-9-8-10(15-3)5-6-11(9)13-12/h4-8H,1-3H3. The van der Waals surface area contributed by atoms with E-state index in [2.05, 4.69) is 11.1 Å². The third-order valence-corrected chi connectivity index (χ3v) is 2.34. The van der Waals surface area contributed by atoms with Crippen molar-refractivity contribution in [2.45, 2.75) is 0 Å². The topological polar surface area (TPSA) is 25.4 Å². The largest absolute Gasteiger partial charge is 0.497 e. The molecular formula is C12H14N2O. The zero-order valence-electron chi connectivity index (χ0n) is 9.19. The summed E-state index contributed by atoms with van der Waals surface area (Å²) < 4.78 is 5.16. The second-order valence-corrected chi connectivity index (χ2v) is 3.62. The first-order valence-corrected chi connectivity index (χ1v) is 4.83.